The molecule has 1 aromatic rings. The standard InChI is InChI=1S/C27H43N5O3/c1-31(21-16-34-17-21)23-15-22(27(18-28-23)11-5-3-2-4-6-12-27)25-29-24(30-35-25)19-9-13-32(14-10-19)26(33)20-7-8-20/h19-23,28H,2-18H2,1H3. The molecule has 1 aromatic heterocycles. The van der Waals surface area contributed by atoms with Crippen LogP contribution in [0.5, 0.6) is 0 Å². The molecule has 194 valence electrons. The van der Waals surface area contributed by atoms with Gasteiger partial charge >= 0.3 is 0 Å². The van der Waals surface area contributed by atoms with Gasteiger partial charge in [-0.05, 0) is 57.4 Å². The van der Waals surface area contributed by atoms with E-state index in [9.17, 15) is 4.79 Å². The number of piperidine rings is 2. The van der Waals surface area contributed by atoms with Crippen molar-refractivity contribution in [3.05, 3.63) is 11.7 Å². The Morgan fingerprint density at radius 2 is 1.77 bits per heavy atom. The Kier molecular flexibility index (Phi) is 6.88. The Labute approximate surface area is 209 Å². The average Bonchev–Trinajstić information content (AvgIpc) is 3.57. The number of nitrogens with zero attached hydrogens (tertiary/aromatic N) is 4. The van der Waals surface area contributed by atoms with Crippen LogP contribution in [-0.2, 0) is 9.53 Å². The van der Waals surface area contributed by atoms with E-state index in [1.54, 1.807) is 0 Å². The van der Waals surface area contributed by atoms with E-state index in [1.165, 1.54) is 44.9 Å². The first-order valence-electron chi connectivity index (χ1n) is 14.3. The van der Waals surface area contributed by atoms with Crippen LogP contribution < -0.4 is 5.32 Å². The zero-order valence-electron chi connectivity index (χ0n) is 21.4. The molecule has 4 heterocycles. The van der Waals surface area contributed by atoms with E-state index in [2.05, 4.69) is 27.3 Å². The molecule has 5 aliphatic rings. The van der Waals surface area contributed by atoms with Crippen molar-refractivity contribution >= 4 is 5.91 Å². The summed E-state index contributed by atoms with van der Waals surface area (Å²) in [6, 6.07) is 0.501. The summed E-state index contributed by atoms with van der Waals surface area (Å²) in [7, 11) is 2.23. The van der Waals surface area contributed by atoms with Gasteiger partial charge in [0, 0.05) is 37.4 Å². The number of hydrogen-bond acceptors (Lipinski definition) is 7. The van der Waals surface area contributed by atoms with E-state index < -0.39 is 0 Å². The number of carbonyl (C=O) groups is 1. The van der Waals surface area contributed by atoms with Crippen LogP contribution in [0.2, 0.25) is 0 Å². The lowest BCUT2D eigenvalue weighted by atomic mass is 9.64. The van der Waals surface area contributed by atoms with Crippen LogP contribution in [0.1, 0.15) is 101 Å². The van der Waals surface area contributed by atoms with Crippen molar-refractivity contribution in [2.75, 3.05) is 39.9 Å². The maximum absolute atomic E-state index is 12.5. The molecule has 0 bridgehead atoms. The van der Waals surface area contributed by atoms with Crippen LogP contribution in [-0.4, -0.2) is 78.0 Å². The first-order chi connectivity index (χ1) is 17.1. The second kappa shape index (κ2) is 10.1. The number of likely N-dealkylation sites (tertiary alicyclic amines) is 1. The highest BCUT2D eigenvalue weighted by molar-refractivity contribution is 5.81. The van der Waals surface area contributed by atoms with Gasteiger partial charge in [-0.15, -0.1) is 0 Å². The highest BCUT2D eigenvalue weighted by Crippen LogP contribution is 2.50. The lowest BCUT2D eigenvalue weighted by Crippen LogP contribution is -2.61. The summed E-state index contributed by atoms with van der Waals surface area (Å²) in [4.78, 5) is 22.1. The minimum absolute atomic E-state index is 0.206. The molecule has 1 amide bonds. The molecule has 0 aromatic carbocycles. The molecule has 2 atom stereocenters. The van der Waals surface area contributed by atoms with Gasteiger partial charge in [0.2, 0.25) is 11.8 Å². The van der Waals surface area contributed by atoms with E-state index >= 15 is 0 Å². The largest absolute Gasteiger partial charge is 0.378 e. The first kappa shape index (κ1) is 23.9. The quantitative estimate of drug-likeness (QED) is 0.682. The molecule has 3 saturated heterocycles. The molecule has 5 fully saturated rings. The van der Waals surface area contributed by atoms with Crippen molar-refractivity contribution < 1.29 is 14.1 Å². The molecule has 1 spiro atoms. The van der Waals surface area contributed by atoms with E-state index in [-0.39, 0.29) is 5.41 Å². The van der Waals surface area contributed by atoms with E-state index in [0.717, 1.165) is 76.7 Å². The number of rotatable bonds is 5. The van der Waals surface area contributed by atoms with Gasteiger partial charge in [-0.25, -0.2) is 0 Å². The van der Waals surface area contributed by atoms with Crippen LogP contribution in [0, 0.1) is 11.3 Å². The summed E-state index contributed by atoms with van der Waals surface area (Å²) in [5, 5.41) is 8.46. The Morgan fingerprint density at radius 1 is 1.06 bits per heavy atom. The molecule has 2 saturated carbocycles. The molecular weight excluding hydrogens is 442 g/mol. The van der Waals surface area contributed by atoms with Gasteiger partial charge in [-0.1, -0.05) is 37.3 Å². The van der Waals surface area contributed by atoms with Crippen LogP contribution >= 0.6 is 0 Å². The molecule has 8 heteroatoms. The molecule has 8 nitrogen and oxygen atoms in total. The summed E-state index contributed by atoms with van der Waals surface area (Å²) in [5.41, 5.74) is 0.206. The number of nitrogens with one attached hydrogen (secondary N) is 1. The zero-order valence-corrected chi connectivity index (χ0v) is 21.4. The van der Waals surface area contributed by atoms with Gasteiger partial charge in [-0.2, -0.15) is 4.98 Å². The second-order valence-corrected chi connectivity index (χ2v) is 12.0. The number of carbonyl (C=O) groups excluding carboxylic acids is 1. The third kappa shape index (κ3) is 4.90. The van der Waals surface area contributed by atoms with Gasteiger partial charge in [0.15, 0.2) is 5.82 Å². The maximum Gasteiger partial charge on any atom is 0.230 e. The summed E-state index contributed by atoms with van der Waals surface area (Å²) < 4.78 is 11.6. The van der Waals surface area contributed by atoms with E-state index in [1.807, 2.05) is 0 Å². The van der Waals surface area contributed by atoms with Crippen molar-refractivity contribution in [3.63, 3.8) is 0 Å². The zero-order chi connectivity index (χ0) is 23.8. The molecule has 3 aliphatic heterocycles. The summed E-state index contributed by atoms with van der Waals surface area (Å²) in [6.45, 7) is 4.35. The predicted octanol–water partition coefficient (Wildman–Crippen LogP) is 3.65. The summed E-state index contributed by atoms with van der Waals surface area (Å²) >= 11 is 0. The van der Waals surface area contributed by atoms with Gasteiger partial charge in [-0.3, -0.25) is 9.69 Å². The third-order valence-electron chi connectivity index (χ3n) is 9.78. The smallest absolute Gasteiger partial charge is 0.230 e. The number of ether oxygens (including phenoxy) is 1. The van der Waals surface area contributed by atoms with Crippen LogP contribution in [0.25, 0.3) is 0 Å². The van der Waals surface area contributed by atoms with Crippen molar-refractivity contribution in [2.24, 2.45) is 11.3 Å². The van der Waals surface area contributed by atoms with Crippen LogP contribution in [0.15, 0.2) is 4.52 Å². The third-order valence-corrected chi connectivity index (χ3v) is 9.78. The lowest BCUT2D eigenvalue weighted by molar-refractivity contribution is -0.133. The predicted molar refractivity (Wildman–Crippen MR) is 132 cm³/mol. The van der Waals surface area contributed by atoms with Gasteiger partial charge < -0.3 is 19.5 Å². The van der Waals surface area contributed by atoms with E-state index in [0.29, 0.717) is 35.9 Å². The SMILES string of the molecule is CN(C1COC1)C1CC(c2nc(C3CCN(C(=O)C4CC4)CC3)no2)C2(CCCCCCC2)CN1. The molecular formula is C27H43N5O3. The maximum atomic E-state index is 12.5. The van der Waals surface area contributed by atoms with Gasteiger partial charge in [0.1, 0.15) is 0 Å². The van der Waals surface area contributed by atoms with Gasteiger partial charge in [0.25, 0.3) is 0 Å². The fourth-order valence-corrected chi connectivity index (χ4v) is 7.02. The highest BCUT2D eigenvalue weighted by Gasteiger charge is 2.48. The van der Waals surface area contributed by atoms with Crippen molar-refractivity contribution in [2.45, 2.75) is 101 Å². The van der Waals surface area contributed by atoms with Crippen molar-refractivity contribution in [3.8, 4) is 0 Å². The minimum atomic E-state index is 0.206. The Hall–Kier alpha value is -1.51. The topological polar surface area (TPSA) is 83.7 Å². The van der Waals surface area contributed by atoms with Crippen LogP contribution in [0.4, 0.5) is 0 Å². The summed E-state index contributed by atoms with van der Waals surface area (Å²) in [5.74, 6) is 3.01. The average molecular weight is 486 g/mol. The van der Waals surface area contributed by atoms with Crippen molar-refractivity contribution in [1.29, 1.82) is 0 Å². The van der Waals surface area contributed by atoms with Crippen molar-refractivity contribution in [1.82, 2.24) is 25.3 Å². The molecule has 6 rings (SSSR count). The number of amides is 1. The minimum Gasteiger partial charge on any atom is -0.378 e. The van der Waals surface area contributed by atoms with Crippen LogP contribution in [0.3, 0.4) is 0 Å². The Morgan fingerprint density at radius 3 is 2.43 bits per heavy atom. The second-order valence-electron chi connectivity index (χ2n) is 12.0. The Bertz CT molecular complexity index is 866. The lowest BCUT2D eigenvalue weighted by Gasteiger charge is -2.50. The highest BCUT2D eigenvalue weighted by atomic mass is 16.5. The van der Waals surface area contributed by atoms with Gasteiger partial charge in [0.05, 0.1) is 25.4 Å². The molecule has 1 N–H and O–H groups in total. The van der Waals surface area contributed by atoms with E-state index in [4.69, 9.17) is 14.2 Å². The Balaban J connectivity index is 1.18. The first-order valence-corrected chi connectivity index (χ1v) is 14.3. The fraction of sp³-hybridized carbons (Fsp3) is 0.889. The monoisotopic (exact) mass is 485 g/mol. The normalized spacial score (nSPS) is 30.7. The molecule has 2 aliphatic carbocycles. The number of likely N-dealkylation sites (N-methyl/N-ethyl adjacent to an activating group) is 1. The number of hydrogen-bond donors (Lipinski definition) is 1. The number of aromatic nitrogens is 2. The molecule has 0 radical (unpaired) electrons. The molecule has 2 unspecified atom stereocenters. The fourth-order valence-electron chi connectivity index (χ4n) is 7.02. The molecule has 35 heavy (non-hydrogen) atoms. The summed E-state index contributed by atoms with van der Waals surface area (Å²) in [6.07, 6.45) is 14.5.